The molecular formula is C25H12Cl2FN3O4S. The molecule has 0 saturated carbocycles. The molecule has 0 radical (unpaired) electrons. The standard InChI is InChI=1S/C25H12Cl2FN3O4S/c26-13-3-4-17-12(6-13)7-18(35-17)22(32)20-21(11-2-1-5-29-10-11)31(24(34)23(20)33)25-30-16-8-14(27)15(28)9-19(16)36-25/h1-10,21,33H. The lowest BCUT2D eigenvalue weighted by molar-refractivity contribution is -0.117. The minimum atomic E-state index is -1.06. The lowest BCUT2D eigenvalue weighted by Gasteiger charge is -2.23. The Hall–Kier alpha value is -3.79. The van der Waals surface area contributed by atoms with E-state index in [1.165, 1.54) is 29.3 Å². The van der Waals surface area contributed by atoms with Crippen LogP contribution in [0.2, 0.25) is 10.0 Å². The largest absolute Gasteiger partial charge is 0.503 e. The van der Waals surface area contributed by atoms with E-state index in [2.05, 4.69) is 9.97 Å². The number of ketones is 1. The summed E-state index contributed by atoms with van der Waals surface area (Å²) >= 11 is 13.0. The molecule has 0 spiro atoms. The summed E-state index contributed by atoms with van der Waals surface area (Å²) in [5.41, 5.74) is 1.06. The van der Waals surface area contributed by atoms with E-state index >= 15 is 0 Å². The quantitative estimate of drug-likeness (QED) is 0.256. The van der Waals surface area contributed by atoms with Crippen LogP contribution >= 0.6 is 34.5 Å². The number of nitrogens with zero attached hydrogens (tertiary/aromatic N) is 3. The Morgan fingerprint density at radius 3 is 2.78 bits per heavy atom. The molecule has 0 bridgehead atoms. The van der Waals surface area contributed by atoms with Crippen LogP contribution in [0.15, 0.2) is 76.7 Å². The minimum Gasteiger partial charge on any atom is -0.503 e. The first-order valence-electron chi connectivity index (χ1n) is 10.5. The van der Waals surface area contributed by atoms with E-state index < -0.39 is 29.3 Å². The van der Waals surface area contributed by atoms with E-state index in [1.807, 2.05) is 0 Å². The molecule has 0 aliphatic carbocycles. The number of anilines is 1. The molecule has 1 unspecified atom stereocenters. The molecule has 3 aromatic heterocycles. The van der Waals surface area contributed by atoms with Crippen molar-refractivity contribution in [1.29, 1.82) is 0 Å². The number of pyridine rings is 1. The van der Waals surface area contributed by atoms with E-state index in [0.29, 0.717) is 31.8 Å². The molecule has 0 fully saturated rings. The first kappa shape index (κ1) is 22.7. The maximum atomic E-state index is 14.0. The monoisotopic (exact) mass is 539 g/mol. The Balaban J connectivity index is 1.50. The van der Waals surface area contributed by atoms with Gasteiger partial charge in [0.05, 0.1) is 26.9 Å². The number of hydrogen-bond acceptors (Lipinski definition) is 7. The zero-order chi connectivity index (χ0) is 25.1. The summed E-state index contributed by atoms with van der Waals surface area (Å²) in [6, 6.07) is 11.2. The fraction of sp³-hybridized carbons (Fsp3) is 0.0400. The number of carbonyl (C=O) groups excluding carboxylic acids is 2. The Morgan fingerprint density at radius 1 is 1.17 bits per heavy atom. The zero-order valence-electron chi connectivity index (χ0n) is 17.9. The molecule has 1 N–H and O–H groups in total. The summed E-state index contributed by atoms with van der Waals surface area (Å²) in [6.45, 7) is 0. The van der Waals surface area contributed by atoms with Gasteiger partial charge in [-0.15, -0.1) is 0 Å². The van der Waals surface area contributed by atoms with Crippen LogP contribution in [-0.2, 0) is 4.79 Å². The Bertz CT molecular complexity index is 1710. The van der Waals surface area contributed by atoms with Crippen molar-refractivity contribution in [1.82, 2.24) is 9.97 Å². The lowest BCUT2D eigenvalue weighted by Crippen LogP contribution is -2.31. The van der Waals surface area contributed by atoms with Crippen molar-refractivity contribution in [3.05, 3.63) is 99.4 Å². The van der Waals surface area contributed by atoms with Gasteiger partial charge in [-0.1, -0.05) is 40.6 Å². The van der Waals surface area contributed by atoms with Crippen LogP contribution in [0.1, 0.15) is 22.2 Å². The maximum Gasteiger partial charge on any atom is 0.296 e. The minimum absolute atomic E-state index is 0.0736. The van der Waals surface area contributed by atoms with E-state index in [0.717, 1.165) is 11.3 Å². The fourth-order valence-corrected chi connectivity index (χ4v) is 5.50. The van der Waals surface area contributed by atoms with Crippen molar-refractivity contribution in [2.75, 3.05) is 4.90 Å². The molecule has 36 heavy (non-hydrogen) atoms. The van der Waals surface area contributed by atoms with Gasteiger partial charge in [0.15, 0.2) is 16.7 Å². The molecule has 0 saturated heterocycles. The topological polar surface area (TPSA) is 96.5 Å². The van der Waals surface area contributed by atoms with Crippen LogP contribution in [0.5, 0.6) is 0 Å². The van der Waals surface area contributed by atoms with Crippen molar-refractivity contribution in [3.63, 3.8) is 0 Å². The van der Waals surface area contributed by atoms with Crippen molar-refractivity contribution in [2.45, 2.75) is 6.04 Å². The molecule has 1 aliphatic rings. The Morgan fingerprint density at radius 2 is 2.00 bits per heavy atom. The van der Waals surface area contributed by atoms with Gasteiger partial charge >= 0.3 is 0 Å². The molecular weight excluding hydrogens is 528 g/mol. The maximum absolute atomic E-state index is 14.0. The molecule has 7 nitrogen and oxygen atoms in total. The van der Waals surface area contributed by atoms with Gasteiger partial charge in [-0.2, -0.15) is 0 Å². The summed E-state index contributed by atoms with van der Waals surface area (Å²) in [7, 11) is 0. The van der Waals surface area contributed by atoms with Gasteiger partial charge in [0.2, 0.25) is 5.78 Å². The van der Waals surface area contributed by atoms with Gasteiger partial charge < -0.3 is 9.52 Å². The zero-order valence-corrected chi connectivity index (χ0v) is 20.2. The summed E-state index contributed by atoms with van der Waals surface area (Å²) in [4.78, 5) is 36.7. The molecule has 4 heterocycles. The van der Waals surface area contributed by atoms with Gasteiger partial charge in [-0.05, 0) is 48.0 Å². The molecule has 5 aromatic rings. The van der Waals surface area contributed by atoms with Gasteiger partial charge in [-0.25, -0.2) is 9.37 Å². The first-order valence-corrected chi connectivity index (χ1v) is 12.0. The van der Waals surface area contributed by atoms with Gasteiger partial charge in [0.1, 0.15) is 11.4 Å². The number of rotatable bonds is 4. The highest BCUT2D eigenvalue weighted by Gasteiger charge is 2.46. The number of fused-ring (bicyclic) bond motifs is 2. The van der Waals surface area contributed by atoms with Crippen molar-refractivity contribution < 1.29 is 23.5 Å². The third-order valence-electron chi connectivity index (χ3n) is 5.78. The average molecular weight is 540 g/mol. The third-order valence-corrected chi connectivity index (χ3v) is 7.32. The summed E-state index contributed by atoms with van der Waals surface area (Å²) < 4.78 is 20.2. The number of carbonyl (C=O) groups is 2. The van der Waals surface area contributed by atoms with Gasteiger partial charge in [0, 0.05) is 22.8 Å². The summed E-state index contributed by atoms with van der Waals surface area (Å²) in [5.74, 6) is -2.96. The second-order valence-corrected chi connectivity index (χ2v) is 9.83. The van der Waals surface area contributed by atoms with E-state index in [9.17, 15) is 19.1 Å². The van der Waals surface area contributed by atoms with Crippen molar-refractivity contribution in [3.8, 4) is 0 Å². The lowest BCUT2D eigenvalue weighted by atomic mass is 9.96. The summed E-state index contributed by atoms with van der Waals surface area (Å²) in [5, 5.41) is 12.0. The number of halogens is 3. The SMILES string of the molecule is O=C(C1=C(O)C(=O)N(c2nc3cc(Cl)c(F)cc3s2)C1c1cccnc1)c1cc2cc(Cl)ccc2o1. The number of aromatic nitrogens is 2. The first-order chi connectivity index (χ1) is 17.3. The number of furan rings is 1. The summed E-state index contributed by atoms with van der Waals surface area (Å²) in [6.07, 6.45) is 3.03. The van der Waals surface area contributed by atoms with Crippen LogP contribution in [0.3, 0.4) is 0 Å². The number of amides is 1. The molecule has 1 amide bonds. The van der Waals surface area contributed by atoms with Crippen molar-refractivity contribution >= 4 is 72.5 Å². The highest BCUT2D eigenvalue weighted by Crippen LogP contribution is 2.44. The Kier molecular flexibility index (Phi) is 5.29. The average Bonchev–Trinajstić information content (AvgIpc) is 3.53. The fourth-order valence-electron chi connectivity index (χ4n) is 4.16. The van der Waals surface area contributed by atoms with Crippen LogP contribution in [-0.4, -0.2) is 26.8 Å². The van der Waals surface area contributed by atoms with Crippen LogP contribution in [0, 0.1) is 5.82 Å². The van der Waals surface area contributed by atoms with E-state index in [1.54, 1.807) is 36.5 Å². The third kappa shape index (κ3) is 3.55. The highest BCUT2D eigenvalue weighted by atomic mass is 35.5. The molecule has 1 atom stereocenters. The molecule has 6 rings (SSSR count). The number of aliphatic hydroxyl groups is 1. The second-order valence-electron chi connectivity index (χ2n) is 7.98. The Labute approximate surface area is 216 Å². The smallest absolute Gasteiger partial charge is 0.296 e. The van der Waals surface area contributed by atoms with Crippen LogP contribution in [0.4, 0.5) is 9.52 Å². The molecule has 1 aliphatic heterocycles. The van der Waals surface area contributed by atoms with Gasteiger partial charge in [0.25, 0.3) is 5.91 Å². The predicted molar refractivity (Wildman–Crippen MR) is 134 cm³/mol. The second kappa shape index (κ2) is 8.41. The number of benzene rings is 2. The van der Waals surface area contributed by atoms with Crippen LogP contribution < -0.4 is 4.90 Å². The molecule has 178 valence electrons. The normalized spacial score (nSPS) is 16.0. The van der Waals surface area contributed by atoms with Gasteiger partial charge in [-0.3, -0.25) is 19.5 Å². The number of thiazole rings is 1. The highest BCUT2D eigenvalue weighted by molar-refractivity contribution is 7.22. The number of hydrogen-bond donors (Lipinski definition) is 1. The van der Waals surface area contributed by atoms with E-state index in [4.69, 9.17) is 27.6 Å². The van der Waals surface area contributed by atoms with Crippen LogP contribution in [0.25, 0.3) is 21.2 Å². The van der Waals surface area contributed by atoms with Crippen molar-refractivity contribution in [2.24, 2.45) is 0 Å². The van der Waals surface area contributed by atoms with E-state index in [-0.39, 0.29) is 21.5 Å². The molecule has 11 heteroatoms. The number of aliphatic hydroxyl groups excluding tert-OH is 1. The molecule has 2 aromatic carbocycles. The number of Topliss-reactive ketones (excluding diaryl/α,β-unsaturated/α-hetero) is 1. The predicted octanol–water partition coefficient (Wildman–Crippen LogP) is 6.67.